The van der Waals surface area contributed by atoms with Crippen molar-refractivity contribution in [1.29, 1.82) is 0 Å². The molecule has 1 aromatic carbocycles. The van der Waals surface area contributed by atoms with Crippen LogP contribution in [0.5, 0.6) is 0 Å². The molecule has 0 aliphatic rings. The van der Waals surface area contributed by atoms with Gasteiger partial charge in [-0.15, -0.1) is 0 Å². The van der Waals surface area contributed by atoms with Crippen molar-refractivity contribution < 1.29 is 4.79 Å². The summed E-state index contributed by atoms with van der Waals surface area (Å²) in [6.45, 7) is 6.34. The molecule has 1 aromatic rings. The fourth-order valence-electron chi connectivity index (χ4n) is 1.38. The fraction of sp³-hybridized carbons (Fsp3) is 0.417. The maximum Gasteiger partial charge on any atom is 0.238 e. The van der Waals surface area contributed by atoms with Gasteiger partial charge in [0.25, 0.3) is 0 Å². The number of hydrogen-bond donors (Lipinski definition) is 1. The molecular formula is C12H17BrN2O. The van der Waals surface area contributed by atoms with Gasteiger partial charge in [0, 0.05) is 10.2 Å². The monoisotopic (exact) mass is 284 g/mol. The van der Waals surface area contributed by atoms with Crippen molar-refractivity contribution in [2.45, 2.75) is 13.8 Å². The molecule has 0 unspecified atom stereocenters. The van der Waals surface area contributed by atoms with Crippen LogP contribution in [0, 0.1) is 0 Å². The molecular weight excluding hydrogens is 268 g/mol. The van der Waals surface area contributed by atoms with Crippen molar-refractivity contribution in [1.82, 2.24) is 4.90 Å². The first-order chi connectivity index (χ1) is 7.65. The third-order valence-corrected chi connectivity index (χ3v) is 2.92. The van der Waals surface area contributed by atoms with E-state index in [0.717, 1.165) is 23.2 Å². The second-order valence-corrected chi connectivity index (χ2v) is 4.43. The van der Waals surface area contributed by atoms with Gasteiger partial charge in [-0.05, 0) is 37.4 Å². The van der Waals surface area contributed by atoms with Crippen molar-refractivity contribution in [3.8, 4) is 0 Å². The van der Waals surface area contributed by atoms with E-state index in [1.165, 1.54) is 0 Å². The summed E-state index contributed by atoms with van der Waals surface area (Å²) in [5, 5.41) is 2.87. The zero-order valence-electron chi connectivity index (χ0n) is 9.66. The number of carbonyl (C=O) groups is 1. The number of anilines is 1. The Morgan fingerprint density at radius 1 is 1.25 bits per heavy atom. The van der Waals surface area contributed by atoms with Gasteiger partial charge in [-0.25, -0.2) is 0 Å². The number of nitrogens with one attached hydrogen (secondary N) is 1. The highest BCUT2D eigenvalue weighted by atomic mass is 79.9. The second-order valence-electron chi connectivity index (χ2n) is 3.52. The summed E-state index contributed by atoms with van der Waals surface area (Å²) in [6.07, 6.45) is 0. The first kappa shape index (κ1) is 13.2. The Morgan fingerprint density at radius 3 is 2.31 bits per heavy atom. The molecule has 0 saturated carbocycles. The standard InChI is InChI=1S/C12H17BrN2O/c1-3-15(4-2)9-12(16)14-11-7-5-10(13)6-8-11/h5-8H,3-4,9H2,1-2H3,(H,14,16). The summed E-state index contributed by atoms with van der Waals surface area (Å²) in [7, 11) is 0. The molecule has 0 aromatic heterocycles. The molecule has 0 bridgehead atoms. The fourth-order valence-corrected chi connectivity index (χ4v) is 1.65. The number of amides is 1. The predicted octanol–water partition coefficient (Wildman–Crippen LogP) is 2.73. The molecule has 0 radical (unpaired) electrons. The zero-order valence-corrected chi connectivity index (χ0v) is 11.3. The molecule has 1 rings (SSSR count). The maximum absolute atomic E-state index is 11.7. The molecule has 1 N–H and O–H groups in total. The molecule has 16 heavy (non-hydrogen) atoms. The summed E-state index contributed by atoms with van der Waals surface area (Å²) in [4.78, 5) is 13.7. The Balaban J connectivity index is 2.48. The average Bonchev–Trinajstić information content (AvgIpc) is 2.29. The highest BCUT2D eigenvalue weighted by Crippen LogP contribution is 2.13. The van der Waals surface area contributed by atoms with Crippen molar-refractivity contribution >= 4 is 27.5 Å². The van der Waals surface area contributed by atoms with Gasteiger partial charge in [0.05, 0.1) is 6.54 Å². The van der Waals surface area contributed by atoms with Crippen LogP contribution in [0.4, 0.5) is 5.69 Å². The zero-order chi connectivity index (χ0) is 12.0. The molecule has 4 heteroatoms. The highest BCUT2D eigenvalue weighted by Gasteiger charge is 2.06. The summed E-state index contributed by atoms with van der Waals surface area (Å²) in [6, 6.07) is 7.58. The van der Waals surface area contributed by atoms with Gasteiger partial charge in [0.2, 0.25) is 5.91 Å². The molecule has 0 atom stereocenters. The molecule has 0 saturated heterocycles. The summed E-state index contributed by atoms with van der Waals surface area (Å²) < 4.78 is 1.01. The number of likely N-dealkylation sites (N-methyl/N-ethyl adjacent to an activating group) is 1. The van der Waals surface area contributed by atoms with E-state index in [0.29, 0.717) is 6.54 Å². The maximum atomic E-state index is 11.7. The van der Waals surface area contributed by atoms with Crippen LogP contribution in [0.2, 0.25) is 0 Å². The lowest BCUT2D eigenvalue weighted by Crippen LogP contribution is -2.32. The normalized spacial score (nSPS) is 10.5. The number of nitrogens with zero attached hydrogens (tertiary/aromatic N) is 1. The van der Waals surface area contributed by atoms with Crippen molar-refractivity contribution in [3.05, 3.63) is 28.7 Å². The van der Waals surface area contributed by atoms with Gasteiger partial charge in [-0.1, -0.05) is 29.8 Å². The first-order valence-corrected chi connectivity index (χ1v) is 6.22. The minimum Gasteiger partial charge on any atom is -0.325 e. The smallest absolute Gasteiger partial charge is 0.238 e. The summed E-state index contributed by atoms with van der Waals surface area (Å²) in [5.74, 6) is 0.0334. The highest BCUT2D eigenvalue weighted by molar-refractivity contribution is 9.10. The topological polar surface area (TPSA) is 32.3 Å². The van der Waals surface area contributed by atoms with Crippen molar-refractivity contribution in [2.24, 2.45) is 0 Å². The Bertz CT molecular complexity index is 333. The van der Waals surface area contributed by atoms with Gasteiger partial charge < -0.3 is 5.32 Å². The molecule has 3 nitrogen and oxygen atoms in total. The second kappa shape index (κ2) is 6.66. The van der Waals surface area contributed by atoms with Crippen LogP contribution < -0.4 is 5.32 Å². The lowest BCUT2D eigenvalue weighted by Gasteiger charge is -2.17. The summed E-state index contributed by atoms with van der Waals surface area (Å²) >= 11 is 3.35. The molecule has 0 aliphatic carbocycles. The van der Waals surface area contributed by atoms with Crippen LogP contribution in [-0.2, 0) is 4.79 Å². The molecule has 0 aliphatic heterocycles. The van der Waals surface area contributed by atoms with E-state index in [-0.39, 0.29) is 5.91 Å². The Kier molecular flexibility index (Phi) is 5.49. The van der Waals surface area contributed by atoms with Crippen LogP contribution in [0.15, 0.2) is 28.7 Å². The van der Waals surface area contributed by atoms with Crippen LogP contribution in [0.25, 0.3) is 0 Å². The number of hydrogen-bond acceptors (Lipinski definition) is 2. The van der Waals surface area contributed by atoms with Gasteiger partial charge >= 0.3 is 0 Å². The Morgan fingerprint density at radius 2 is 1.81 bits per heavy atom. The quantitative estimate of drug-likeness (QED) is 0.902. The summed E-state index contributed by atoms with van der Waals surface area (Å²) in [5.41, 5.74) is 0.834. The molecule has 0 heterocycles. The van der Waals surface area contributed by atoms with Crippen molar-refractivity contribution in [2.75, 3.05) is 25.0 Å². The van der Waals surface area contributed by atoms with Gasteiger partial charge in [-0.2, -0.15) is 0 Å². The third kappa shape index (κ3) is 4.33. The van der Waals surface area contributed by atoms with E-state index in [9.17, 15) is 4.79 Å². The minimum absolute atomic E-state index is 0.0334. The van der Waals surface area contributed by atoms with E-state index < -0.39 is 0 Å². The molecule has 0 fully saturated rings. The van der Waals surface area contributed by atoms with Gasteiger partial charge in [0.1, 0.15) is 0 Å². The number of benzene rings is 1. The molecule has 1 amide bonds. The molecule has 0 spiro atoms. The van der Waals surface area contributed by atoms with E-state index in [1.54, 1.807) is 0 Å². The van der Waals surface area contributed by atoms with Gasteiger partial charge in [-0.3, -0.25) is 9.69 Å². The third-order valence-electron chi connectivity index (χ3n) is 2.39. The van der Waals surface area contributed by atoms with Crippen molar-refractivity contribution in [3.63, 3.8) is 0 Å². The number of halogens is 1. The Labute approximate surface area is 105 Å². The van der Waals surface area contributed by atoms with Gasteiger partial charge in [0.15, 0.2) is 0 Å². The van der Waals surface area contributed by atoms with E-state index >= 15 is 0 Å². The van der Waals surface area contributed by atoms with E-state index in [4.69, 9.17) is 0 Å². The minimum atomic E-state index is 0.0334. The lowest BCUT2D eigenvalue weighted by molar-refractivity contribution is -0.117. The SMILES string of the molecule is CCN(CC)CC(=O)Nc1ccc(Br)cc1. The van der Waals surface area contributed by atoms with Crippen LogP contribution in [0.1, 0.15) is 13.8 Å². The van der Waals surface area contributed by atoms with Crippen LogP contribution >= 0.6 is 15.9 Å². The van der Waals surface area contributed by atoms with Crippen LogP contribution in [0.3, 0.4) is 0 Å². The van der Waals surface area contributed by atoms with E-state index in [2.05, 4.69) is 40.0 Å². The number of rotatable bonds is 5. The molecule has 88 valence electrons. The lowest BCUT2D eigenvalue weighted by atomic mass is 10.3. The van der Waals surface area contributed by atoms with Crippen LogP contribution in [-0.4, -0.2) is 30.4 Å². The Hall–Kier alpha value is -0.870. The first-order valence-electron chi connectivity index (χ1n) is 5.43. The average molecular weight is 285 g/mol. The van der Waals surface area contributed by atoms with E-state index in [1.807, 2.05) is 24.3 Å². The predicted molar refractivity (Wildman–Crippen MR) is 70.6 cm³/mol. The number of carbonyl (C=O) groups excluding carboxylic acids is 1. The largest absolute Gasteiger partial charge is 0.325 e.